The molecule has 0 unspecified atom stereocenters. The smallest absolute Gasteiger partial charge is 0.333 e. The van der Waals surface area contributed by atoms with Crippen molar-refractivity contribution < 1.29 is 14.6 Å². The van der Waals surface area contributed by atoms with Gasteiger partial charge in [0.1, 0.15) is 6.54 Å². The summed E-state index contributed by atoms with van der Waals surface area (Å²) in [7, 11) is 0. The molecule has 0 atom stereocenters. The molecule has 0 spiro atoms. The molecule has 0 saturated carbocycles. The Bertz CT molecular complexity index is 1100. The predicted molar refractivity (Wildman–Crippen MR) is 111 cm³/mol. The minimum atomic E-state index is -1.19. The zero-order valence-electron chi connectivity index (χ0n) is 17.2. The minimum absolute atomic E-state index is 0.0225. The molecule has 1 aliphatic heterocycles. The summed E-state index contributed by atoms with van der Waals surface area (Å²) in [4.78, 5) is 44.2. The molecule has 11 nitrogen and oxygen atoms in total. The van der Waals surface area contributed by atoms with Crippen molar-refractivity contribution in [2.45, 2.75) is 33.5 Å². The molecule has 2 aromatic rings. The number of hydrogen-bond acceptors (Lipinski definition) is 7. The number of nitrogens with one attached hydrogen (secondary N) is 1. The molecule has 11 heteroatoms. The van der Waals surface area contributed by atoms with Gasteiger partial charge < -0.3 is 20.1 Å². The van der Waals surface area contributed by atoms with Gasteiger partial charge in [0.05, 0.1) is 19.7 Å². The number of ether oxygens (including phenoxy) is 1. The lowest BCUT2D eigenvalue weighted by molar-refractivity contribution is -0.137. The summed E-state index contributed by atoms with van der Waals surface area (Å²) in [5, 5.41) is 12.6. The highest BCUT2D eigenvalue weighted by Gasteiger charge is 2.25. The van der Waals surface area contributed by atoms with Gasteiger partial charge in [-0.25, -0.2) is 4.79 Å². The van der Waals surface area contributed by atoms with Crippen molar-refractivity contribution in [3.63, 3.8) is 0 Å². The van der Waals surface area contributed by atoms with Gasteiger partial charge in [0.15, 0.2) is 11.2 Å². The minimum Gasteiger partial charge on any atom is -0.480 e. The second-order valence-electron chi connectivity index (χ2n) is 6.75. The Hall–Kier alpha value is -3.10. The Morgan fingerprint density at radius 3 is 2.60 bits per heavy atom. The van der Waals surface area contributed by atoms with Crippen molar-refractivity contribution in [1.29, 1.82) is 0 Å². The highest BCUT2D eigenvalue weighted by molar-refractivity contribution is 5.77. The molecule has 2 N–H and O–H groups in total. The van der Waals surface area contributed by atoms with Gasteiger partial charge >= 0.3 is 11.7 Å². The van der Waals surface area contributed by atoms with Gasteiger partial charge in [-0.1, -0.05) is 5.92 Å². The van der Waals surface area contributed by atoms with Crippen LogP contribution in [0.4, 0.5) is 5.95 Å². The number of imidazole rings is 1. The highest BCUT2D eigenvalue weighted by Crippen LogP contribution is 2.20. The number of carbonyl (C=O) groups is 1. The van der Waals surface area contributed by atoms with E-state index in [1.54, 1.807) is 11.5 Å². The Balaban J connectivity index is 2.29. The van der Waals surface area contributed by atoms with Gasteiger partial charge in [0.25, 0.3) is 5.56 Å². The second-order valence-corrected chi connectivity index (χ2v) is 6.75. The van der Waals surface area contributed by atoms with Gasteiger partial charge in [0.2, 0.25) is 5.95 Å². The van der Waals surface area contributed by atoms with Crippen LogP contribution in [0, 0.1) is 11.8 Å². The highest BCUT2D eigenvalue weighted by atomic mass is 16.5. The molecule has 1 fully saturated rings. The van der Waals surface area contributed by atoms with Crippen molar-refractivity contribution >= 4 is 23.1 Å². The SMILES string of the molecule is CC#CCn1c(N2CCNCC2)nc2c1c(=O)n(CCOCC)c(=O)n2CC(=O)O. The fourth-order valence-corrected chi connectivity index (χ4v) is 3.47. The van der Waals surface area contributed by atoms with E-state index < -0.39 is 23.8 Å². The van der Waals surface area contributed by atoms with E-state index in [1.165, 1.54) is 0 Å². The number of anilines is 1. The van der Waals surface area contributed by atoms with Crippen LogP contribution in [0.25, 0.3) is 11.2 Å². The Kier molecular flexibility index (Phi) is 6.91. The monoisotopic (exact) mass is 418 g/mol. The predicted octanol–water partition coefficient (Wildman–Crippen LogP) is -1.09. The van der Waals surface area contributed by atoms with Crippen LogP contribution < -0.4 is 21.5 Å². The molecule has 3 rings (SSSR count). The molecule has 1 aliphatic rings. The number of nitrogens with zero attached hydrogens (tertiary/aromatic N) is 5. The summed E-state index contributed by atoms with van der Waals surface area (Å²) in [5.74, 6) is 5.08. The Morgan fingerprint density at radius 2 is 1.97 bits per heavy atom. The van der Waals surface area contributed by atoms with Crippen LogP contribution in [0.2, 0.25) is 0 Å². The fraction of sp³-hybridized carbons (Fsp3) is 0.579. The fourth-order valence-electron chi connectivity index (χ4n) is 3.47. The first kappa shape index (κ1) is 21.6. The summed E-state index contributed by atoms with van der Waals surface area (Å²) < 4.78 is 9.02. The van der Waals surface area contributed by atoms with Gasteiger partial charge in [-0.05, 0) is 13.8 Å². The van der Waals surface area contributed by atoms with Crippen LogP contribution in [0.3, 0.4) is 0 Å². The standard InChI is InChI=1S/C19H26N6O5/c1-3-5-8-23-15-16(21-18(23)22-9-6-20-7-10-22)25(13-14(26)27)19(29)24(17(15)28)11-12-30-4-2/h20H,4,6-13H2,1-2H3,(H,26,27). The topological polar surface area (TPSA) is 124 Å². The Labute approximate surface area is 172 Å². The summed E-state index contributed by atoms with van der Waals surface area (Å²) in [6, 6.07) is 0. The molecule has 162 valence electrons. The Morgan fingerprint density at radius 1 is 1.23 bits per heavy atom. The normalized spacial score (nSPS) is 14.0. The van der Waals surface area contributed by atoms with Crippen LogP contribution in [-0.4, -0.2) is 69.2 Å². The van der Waals surface area contributed by atoms with Crippen molar-refractivity contribution in [2.24, 2.45) is 0 Å². The first-order valence-electron chi connectivity index (χ1n) is 9.88. The average molecular weight is 418 g/mol. The molecule has 0 aliphatic carbocycles. The molecule has 2 aromatic heterocycles. The molecule has 1 saturated heterocycles. The van der Waals surface area contributed by atoms with E-state index in [0.29, 0.717) is 25.6 Å². The maximum absolute atomic E-state index is 13.3. The van der Waals surface area contributed by atoms with Crippen LogP contribution in [-0.2, 0) is 29.2 Å². The zero-order chi connectivity index (χ0) is 21.7. The van der Waals surface area contributed by atoms with Gasteiger partial charge in [0, 0.05) is 32.8 Å². The van der Waals surface area contributed by atoms with Crippen LogP contribution in [0.1, 0.15) is 13.8 Å². The first-order valence-corrected chi connectivity index (χ1v) is 9.88. The van der Waals surface area contributed by atoms with Gasteiger partial charge in [-0.2, -0.15) is 4.98 Å². The summed E-state index contributed by atoms with van der Waals surface area (Å²) in [5.41, 5.74) is -1.01. The number of carboxylic acid groups (broad SMARTS) is 1. The number of aromatic nitrogens is 4. The number of carboxylic acids is 1. The molecule has 3 heterocycles. The largest absolute Gasteiger partial charge is 0.480 e. The van der Waals surface area contributed by atoms with E-state index >= 15 is 0 Å². The van der Waals surface area contributed by atoms with E-state index in [0.717, 1.165) is 22.2 Å². The van der Waals surface area contributed by atoms with E-state index in [-0.39, 0.29) is 30.9 Å². The quantitative estimate of drug-likeness (QED) is 0.410. The molecular formula is C19H26N6O5. The van der Waals surface area contributed by atoms with Crippen molar-refractivity contribution in [3.05, 3.63) is 20.8 Å². The van der Waals surface area contributed by atoms with Crippen LogP contribution in [0.15, 0.2) is 9.59 Å². The molecule has 0 radical (unpaired) electrons. The van der Waals surface area contributed by atoms with Crippen LogP contribution >= 0.6 is 0 Å². The number of rotatable bonds is 8. The molecular weight excluding hydrogens is 392 g/mol. The maximum atomic E-state index is 13.3. The molecule has 30 heavy (non-hydrogen) atoms. The second kappa shape index (κ2) is 9.60. The summed E-state index contributed by atoms with van der Waals surface area (Å²) in [6.45, 7) is 6.60. The van der Waals surface area contributed by atoms with Gasteiger partial charge in [-0.15, -0.1) is 5.92 Å². The third kappa shape index (κ3) is 4.24. The molecule has 0 bridgehead atoms. The number of piperazine rings is 1. The van der Waals surface area contributed by atoms with E-state index in [4.69, 9.17) is 4.74 Å². The van der Waals surface area contributed by atoms with E-state index in [9.17, 15) is 19.5 Å². The van der Waals surface area contributed by atoms with E-state index in [2.05, 4.69) is 22.1 Å². The first-order chi connectivity index (χ1) is 14.5. The molecule has 0 aromatic carbocycles. The summed E-state index contributed by atoms with van der Waals surface area (Å²) >= 11 is 0. The average Bonchev–Trinajstić information content (AvgIpc) is 3.12. The van der Waals surface area contributed by atoms with Crippen molar-refractivity contribution in [2.75, 3.05) is 44.3 Å². The lowest BCUT2D eigenvalue weighted by Gasteiger charge is -2.28. The van der Waals surface area contributed by atoms with Crippen LogP contribution in [0.5, 0.6) is 0 Å². The van der Waals surface area contributed by atoms with E-state index in [1.807, 2.05) is 11.8 Å². The van der Waals surface area contributed by atoms with Crippen molar-refractivity contribution in [3.8, 4) is 11.8 Å². The zero-order valence-corrected chi connectivity index (χ0v) is 17.2. The molecule has 0 amide bonds. The van der Waals surface area contributed by atoms with Crippen molar-refractivity contribution in [1.82, 2.24) is 24.0 Å². The third-order valence-corrected chi connectivity index (χ3v) is 4.86. The number of fused-ring (bicyclic) bond motifs is 1. The maximum Gasteiger partial charge on any atom is 0.333 e. The van der Waals surface area contributed by atoms with Gasteiger partial charge in [-0.3, -0.25) is 23.3 Å². The lowest BCUT2D eigenvalue weighted by atomic mass is 10.4. The summed E-state index contributed by atoms with van der Waals surface area (Å²) in [6.07, 6.45) is 0. The third-order valence-electron chi connectivity index (χ3n) is 4.86. The number of aliphatic carboxylic acids is 1. The number of hydrogen-bond donors (Lipinski definition) is 2. The lowest BCUT2D eigenvalue weighted by Crippen LogP contribution is -2.44.